The van der Waals surface area contributed by atoms with E-state index in [0.717, 1.165) is 4.90 Å². The van der Waals surface area contributed by atoms with Gasteiger partial charge in [0, 0.05) is 12.0 Å². The van der Waals surface area contributed by atoms with Crippen LogP contribution >= 0.6 is 0 Å². The molecule has 1 fully saturated rings. The van der Waals surface area contributed by atoms with Gasteiger partial charge in [0.2, 0.25) is 5.91 Å². The monoisotopic (exact) mass is 445 g/mol. The van der Waals surface area contributed by atoms with E-state index in [1.165, 1.54) is 0 Å². The second-order valence-corrected chi connectivity index (χ2v) is 5.38. The van der Waals surface area contributed by atoms with Gasteiger partial charge in [-0.3, -0.25) is 24.1 Å². The highest BCUT2D eigenvalue weighted by Crippen LogP contribution is 2.14. The number of carbonyl (C=O) groups excluding carboxylic acids is 4. The summed E-state index contributed by atoms with van der Waals surface area (Å²) in [6.45, 7) is -0.0887. The van der Waals surface area contributed by atoms with Gasteiger partial charge in [0.15, 0.2) is 12.3 Å². The van der Waals surface area contributed by atoms with E-state index >= 15 is 0 Å². The Bertz CT molecular complexity index is 621. The molecule has 1 aromatic rings. The number of ketones is 1. The molecule has 130 valence electrons. The van der Waals surface area contributed by atoms with Crippen LogP contribution in [0.15, 0.2) is 30.3 Å². The van der Waals surface area contributed by atoms with Crippen molar-refractivity contribution in [3.8, 4) is 0 Å². The second kappa shape index (κ2) is 9.48. The molecule has 1 aliphatic heterocycles. The zero-order valence-corrected chi connectivity index (χ0v) is 15.5. The van der Waals surface area contributed by atoms with Gasteiger partial charge in [0.1, 0.15) is 6.04 Å². The number of carbonyl (C=O) groups is 4. The summed E-state index contributed by atoms with van der Waals surface area (Å²) in [6.07, 6.45) is 0.401. The number of nitrogens with two attached hydrogens (primary N) is 1. The molecule has 0 aromatic heterocycles. The fourth-order valence-electron chi connectivity index (χ4n) is 2.43. The Balaban J connectivity index is 0.00000288. The number of quaternary nitrogens is 1. The van der Waals surface area contributed by atoms with Crippen LogP contribution in [0, 0.1) is 0 Å². The molecule has 1 aliphatic rings. The van der Waals surface area contributed by atoms with Crippen molar-refractivity contribution in [3.05, 3.63) is 35.9 Å². The number of likely N-dealkylation sites (tertiary alicyclic amines) is 1. The maximum Gasteiger partial charge on any atom is 0.275 e. The topological polar surface area (TPSA) is 100 Å². The smallest absolute Gasteiger partial charge is 0.275 e. The van der Waals surface area contributed by atoms with Crippen LogP contribution in [0.3, 0.4) is 0 Å². The molecule has 1 aromatic carbocycles. The van der Waals surface area contributed by atoms with E-state index in [1.54, 1.807) is 42.7 Å². The first-order chi connectivity index (χ1) is 11.0. The van der Waals surface area contributed by atoms with Crippen LogP contribution in [0.1, 0.15) is 23.2 Å². The van der Waals surface area contributed by atoms with Crippen molar-refractivity contribution in [2.75, 3.05) is 20.1 Å². The predicted octanol–water partition coefficient (Wildman–Crippen LogP) is -4.30. The average molecular weight is 445 g/mol. The first-order valence-electron chi connectivity index (χ1n) is 7.52. The van der Waals surface area contributed by atoms with Crippen LogP contribution in [-0.4, -0.2) is 54.6 Å². The molecule has 24 heavy (non-hydrogen) atoms. The molecule has 7 nitrogen and oxygen atoms in total. The number of likely N-dealkylation sites (N-methyl/N-ethyl adjacent to an activating group) is 1. The number of benzene rings is 1. The molecule has 0 bridgehead atoms. The summed E-state index contributed by atoms with van der Waals surface area (Å²) in [6, 6.07) is 7.75. The van der Waals surface area contributed by atoms with E-state index in [1.807, 2.05) is 0 Å². The number of imide groups is 1. The third-order valence-corrected chi connectivity index (χ3v) is 3.63. The second-order valence-electron chi connectivity index (χ2n) is 5.38. The lowest BCUT2D eigenvalue weighted by atomic mass is 10.0. The van der Waals surface area contributed by atoms with Gasteiger partial charge in [-0.2, -0.15) is 0 Å². The molecule has 1 atom stereocenters. The number of nitrogens with one attached hydrogen (secondary N) is 1. The predicted molar refractivity (Wildman–Crippen MR) is 81.4 cm³/mol. The van der Waals surface area contributed by atoms with Crippen molar-refractivity contribution in [3.63, 3.8) is 0 Å². The van der Waals surface area contributed by atoms with Gasteiger partial charge in [0.25, 0.3) is 11.8 Å². The Morgan fingerprint density at radius 1 is 1.25 bits per heavy atom. The van der Waals surface area contributed by atoms with Gasteiger partial charge in [-0.05, 0) is 6.42 Å². The Morgan fingerprint density at radius 3 is 2.54 bits per heavy atom. The van der Waals surface area contributed by atoms with Gasteiger partial charge >= 0.3 is 0 Å². The van der Waals surface area contributed by atoms with Crippen LogP contribution in [0.25, 0.3) is 0 Å². The molecular weight excluding hydrogens is 425 g/mol. The van der Waals surface area contributed by atoms with Crippen LogP contribution in [0.5, 0.6) is 0 Å². The number of amides is 3. The normalized spacial score (nSPS) is 17.2. The standard InChI is InChI=1S/C16H19N3O4.HI/c1-17-9-14(21)18-12-7-8-15(22)19(16(12)23)10-13(20)11-5-3-2-4-6-11;/h2-6,12,17H,7-10H2,1H3,(H,18,21);1H. The van der Waals surface area contributed by atoms with E-state index in [4.69, 9.17) is 0 Å². The van der Waals surface area contributed by atoms with Crippen molar-refractivity contribution in [1.82, 2.24) is 10.2 Å². The highest BCUT2D eigenvalue weighted by Gasteiger charge is 2.36. The quantitative estimate of drug-likeness (QED) is 0.263. The molecule has 3 N–H and O–H groups in total. The minimum Gasteiger partial charge on any atom is -1.00 e. The molecule has 3 amide bonds. The molecule has 1 heterocycles. The number of hydrogen-bond donors (Lipinski definition) is 2. The lowest BCUT2D eigenvalue weighted by molar-refractivity contribution is -0.615. The number of rotatable bonds is 6. The molecule has 0 saturated carbocycles. The molecular formula is C16H20IN3O4. The third-order valence-electron chi connectivity index (χ3n) is 3.63. The largest absolute Gasteiger partial charge is 1.00 e. The van der Waals surface area contributed by atoms with Crippen molar-refractivity contribution in [2.45, 2.75) is 18.9 Å². The first kappa shape index (κ1) is 20.2. The number of piperidine rings is 1. The number of Topliss-reactive ketones (excluding diaryl/α,β-unsaturated/α-hetero) is 1. The van der Waals surface area contributed by atoms with E-state index < -0.39 is 11.9 Å². The molecule has 1 saturated heterocycles. The Morgan fingerprint density at radius 2 is 1.92 bits per heavy atom. The minimum absolute atomic E-state index is 0. The van der Waals surface area contributed by atoms with E-state index in [-0.39, 0.29) is 67.5 Å². The zero-order chi connectivity index (χ0) is 16.8. The highest BCUT2D eigenvalue weighted by atomic mass is 127. The van der Waals surface area contributed by atoms with Crippen molar-refractivity contribution in [1.29, 1.82) is 0 Å². The zero-order valence-electron chi connectivity index (χ0n) is 13.3. The van der Waals surface area contributed by atoms with Crippen LogP contribution in [0.2, 0.25) is 0 Å². The highest BCUT2D eigenvalue weighted by molar-refractivity contribution is 6.07. The molecule has 0 spiro atoms. The van der Waals surface area contributed by atoms with Gasteiger partial charge in [-0.1, -0.05) is 30.3 Å². The molecule has 0 aliphatic carbocycles. The van der Waals surface area contributed by atoms with Gasteiger partial charge in [-0.15, -0.1) is 0 Å². The fraction of sp³-hybridized carbons (Fsp3) is 0.375. The Labute approximate surface area is 157 Å². The van der Waals surface area contributed by atoms with Crippen LogP contribution in [-0.2, 0) is 14.4 Å². The van der Waals surface area contributed by atoms with E-state index in [0.29, 0.717) is 5.56 Å². The van der Waals surface area contributed by atoms with Gasteiger partial charge < -0.3 is 34.6 Å². The van der Waals surface area contributed by atoms with Crippen molar-refractivity contribution >= 4 is 23.5 Å². The maximum absolute atomic E-state index is 12.4. The third kappa shape index (κ3) is 5.10. The van der Waals surface area contributed by atoms with Crippen LogP contribution < -0.4 is 34.6 Å². The summed E-state index contributed by atoms with van der Waals surface area (Å²) < 4.78 is 0. The van der Waals surface area contributed by atoms with Gasteiger partial charge in [0.05, 0.1) is 13.6 Å². The molecule has 2 rings (SSSR count). The summed E-state index contributed by atoms with van der Waals surface area (Å²) in [5.41, 5.74) is 0.444. The van der Waals surface area contributed by atoms with Crippen molar-refractivity contribution in [2.24, 2.45) is 0 Å². The van der Waals surface area contributed by atoms with E-state index in [2.05, 4.69) is 5.32 Å². The SMILES string of the molecule is C[NH2+]CC(=O)NC1CCC(=O)N(CC(=O)c2ccccc2)C1=O.[I-]. The number of nitrogens with zero attached hydrogens (tertiary/aromatic N) is 1. The Hall–Kier alpha value is -1.81. The van der Waals surface area contributed by atoms with Gasteiger partial charge in [-0.25, -0.2) is 0 Å². The summed E-state index contributed by atoms with van der Waals surface area (Å²) in [7, 11) is 1.75. The maximum atomic E-state index is 12.4. The van der Waals surface area contributed by atoms with E-state index in [9.17, 15) is 19.2 Å². The number of halogens is 1. The average Bonchev–Trinajstić information content (AvgIpc) is 2.55. The van der Waals surface area contributed by atoms with Crippen molar-refractivity contribution < 1.29 is 48.5 Å². The minimum atomic E-state index is -0.747. The fourth-order valence-corrected chi connectivity index (χ4v) is 2.43. The Kier molecular flexibility index (Phi) is 7.99. The number of hydrogen-bond acceptors (Lipinski definition) is 4. The molecule has 0 radical (unpaired) electrons. The van der Waals surface area contributed by atoms with Crippen LogP contribution in [0.4, 0.5) is 0 Å². The molecule has 1 unspecified atom stereocenters. The molecule has 8 heteroatoms. The lowest BCUT2D eigenvalue weighted by Gasteiger charge is -2.30. The summed E-state index contributed by atoms with van der Waals surface area (Å²) in [5.74, 6) is -1.47. The summed E-state index contributed by atoms with van der Waals surface area (Å²) in [4.78, 5) is 49.1. The summed E-state index contributed by atoms with van der Waals surface area (Å²) in [5, 5.41) is 4.29. The first-order valence-corrected chi connectivity index (χ1v) is 7.52. The lowest BCUT2D eigenvalue weighted by Crippen LogP contribution is -3.00. The summed E-state index contributed by atoms with van der Waals surface area (Å²) >= 11 is 0.